The maximum Gasteiger partial charge on any atom is 0.191 e. The van der Waals surface area contributed by atoms with E-state index in [1.54, 1.807) is 0 Å². The van der Waals surface area contributed by atoms with Gasteiger partial charge in [-0.2, -0.15) is 0 Å². The number of nitrogens with one attached hydrogen (secondary N) is 2. The van der Waals surface area contributed by atoms with Crippen LogP contribution in [0, 0.1) is 5.92 Å². The Hall–Kier alpha value is -0.570. The van der Waals surface area contributed by atoms with Crippen molar-refractivity contribution in [2.24, 2.45) is 10.9 Å². The lowest BCUT2D eigenvalue weighted by molar-refractivity contribution is 0.0323. The van der Waals surface area contributed by atoms with Gasteiger partial charge in [0.2, 0.25) is 0 Å². The zero-order valence-electron chi connectivity index (χ0n) is 15.8. The molecule has 2 N–H and O–H groups in total. The number of morpholine rings is 1. The van der Waals surface area contributed by atoms with Crippen LogP contribution >= 0.6 is 35.6 Å². The highest BCUT2D eigenvalue weighted by Gasteiger charge is 2.13. The number of halogens is 2. The van der Waals surface area contributed by atoms with Gasteiger partial charge in [-0.25, -0.2) is 0 Å². The molecule has 1 saturated heterocycles. The van der Waals surface area contributed by atoms with Crippen molar-refractivity contribution in [2.75, 3.05) is 52.5 Å². The molecule has 1 heterocycles. The average Bonchev–Trinajstić information content (AvgIpc) is 2.60. The normalized spacial score (nSPS) is 16.7. The third-order valence-electron chi connectivity index (χ3n) is 4.17. The van der Waals surface area contributed by atoms with Gasteiger partial charge >= 0.3 is 0 Å². The summed E-state index contributed by atoms with van der Waals surface area (Å²) in [6.07, 6.45) is 0.925. The Morgan fingerprint density at radius 3 is 2.77 bits per heavy atom. The van der Waals surface area contributed by atoms with Gasteiger partial charge < -0.3 is 15.4 Å². The number of ether oxygens (including phenoxy) is 1. The van der Waals surface area contributed by atoms with E-state index in [1.165, 1.54) is 5.56 Å². The van der Waals surface area contributed by atoms with E-state index in [-0.39, 0.29) is 24.0 Å². The Balaban J connectivity index is 0.00000338. The number of hydrogen-bond acceptors (Lipinski definition) is 3. The zero-order valence-corrected chi connectivity index (χ0v) is 18.9. The zero-order chi connectivity index (χ0) is 17.9. The van der Waals surface area contributed by atoms with E-state index in [2.05, 4.69) is 35.4 Å². The van der Waals surface area contributed by atoms with Gasteiger partial charge in [0.15, 0.2) is 5.96 Å². The maximum absolute atomic E-state index is 6.03. The second-order valence-electron chi connectivity index (χ2n) is 6.54. The van der Waals surface area contributed by atoms with Crippen molar-refractivity contribution in [3.05, 3.63) is 34.9 Å². The number of hydrogen-bond donors (Lipinski definition) is 2. The molecule has 5 nitrogen and oxygen atoms in total. The summed E-state index contributed by atoms with van der Waals surface area (Å²) in [4.78, 5) is 7.20. The van der Waals surface area contributed by atoms with Crippen LogP contribution in [0.5, 0.6) is 0 Å². The van der Waals surface area contributed by atoms with E-state index in [0.29, 0.717) is 5.92 Å². The molecule has 0 bridgehead atoms. The molecule has 0 aromatic heterocycles. The fourth-order valence-corrected chi connectivity index (χ4v) is 3.10. The smallest absolute Gasteiger partial charge is 0.191 e. The van der Waals surface area contributed by atoms with Gasteiger partial charge in [0, 0.05) is 44.3 Å². The number of guanidine groups is 1. The molecule has 1 aliphatic heterocycles. The van der Waals surface area contributed by atoms with Crippen molar-refractivity contribution >= 4 is 41.5 Å². The van der Waals surface area contributed by atoms with Gasteiger partial charge in [-0.1, -0.05) is 30.7 Å². The largest absolute Gasteiger partial charge is 0.379 e. The number of rotatable bonds is 8. The molecule has 7 heteroatoms. The monoisotopic (exact) mass is 494 g/mol. The van der Waals surface area contributed by atoms with E-state index in [9.17, 15) is 0 Å². The van der Waals surface area contributed by atoms with Crippen LogP contribution in [0.25, 0.3) is 0 Å². The second-order valence-corrected chi connectivity index (χ2v) is 6.98. The highest BCUT2D eigenvalue weighted by molar-refractivity contribution is 14.0. The minimum Gasteiger partial charge on any atom is -0.379 e. The lowest BCUT2D eigenvalue weighted by Gasteiger charge is -2.28. The molecule has 1 aliphatic rings. The summed E-state index contributed by atoms with van der Waals surface area (Å²) >= 11 is 6.03. The molecule has 0 spiro atoms. The molecular formula is C19H32ClIN4O. The molecule has 148 valence electrons. The Morgan fingerprint density at radius 2 is 2.08 bits per heavy atom. The first-order valence-electron chi connectivity index (χ1n) is 9.24. The molecule has 0 aliphatic carbocycles. The van der Waals surface area contributed by atoms with Crippen LogP contribution in [0.1, 0.15) is 19.4 Å². The van der Waals surface area contributed by atoms with E-state index in [0.717, 1.165) is 69.9 Å². The minimum atomic E-state index is 0. The van der Waals surface area contributed by atoms with Crippen LogP contribution in [0.2, 0.25) is 5.02 Å². The third kappa shape index (κ3) is 9.39. The predicted molar refractivity (Wildman–Crippen MR) is 121 cm³/mol. The van der Waals surface area contributed by atoms with Crippen LogP contribution in [0.3, 0.4) is 0 Å². The molecule has 1 aromatic carbocycles. The molecule has 0 amide bonds. The Bertz CT molecular complexity index is 538. The van der Waals surface area contributed by atoms with Crippen molar-refractivity contribution < 1.29 is 4.74 Å². The van der Waals surface area contributed by atoms with Gasteiger partial charge in [-0.05, 0) is 37.0 Å². The molecule has 1 unspecified atom stereocenters. The summed E-state index contributed by atoms with van der Waals surface area (Å²) in [5.41, 5.74) is 1.23. The summed E-state index contributed by atoms with van der Waals surface area (Å²) in [6.45, 7) is 11.7. The standard InChI is InChI=1S/C19H31ClN4O.HI/c1-3-21-19(22-8-7-17-5-4-6-18(20)13-17)23-14-16(2)15-24-9-11-25-12-10-24;/h4-6,13,16H,3,7-12,14-15H2,1-2H3,(H2,21,22,23);1H. The maximum atomic E-state index is 6.03. The quantitative estimate of drug-likeness (QED) is 0.331. The van der Waals surface area contributed by atoms with E-state index in [4.69, 9.17) is 21.3 Å². The summed E-state index contributed by atoms with van der Waals surface area (Å²) in [6, 6.07) is 8.00. The fraction of sp³-hybridized carbons (Fsp3) is 0.632. The van der Waals surface area contributed by atoms with E-state index >= 15 is 0 Å². The molecule has 1 fully saturated rings. The molecular weight excluding hydrogens is 463 g/mol. The van der Waals surface area contributed by atoms with Crippen LogP contribution < -0.4 is 10.6 Å². The SMILES string of the molecule is CCNC(=NCC(C)CN1CCOCC1)NCCc1cccc(Cl)c1.I. The highest BCUT2D eigenvalue weighted by Crippen LogP contribution is 2.10. The average molecular weight is 495 g/mol. The first kappa shape index (κ1) is 23.5. The van der Waals surface area contributed by atoms with Gasteiger partial charge in [0.1, 0.15) is 0 Å². The van der Waals surface area contributed by atoms with E-state index in [1.807, 2.05) is 18.2 Å². The summed E-state index contributed by atoms with van der Waals surface area (Å²) in [7, 11) is 0. The first-order chi connectivity index (χ1) is 12.2. The molecule has 0 saturated carbocycles. The third-order valence-corrected chi connectivity index (χ3v) is 4.41. The lowest BCUT2D eigenvalue weighted by atomic mass is 10.1. The second kappa shape index (κ2) is 13.6. The van der Waals surface area contributed by atoms with Gasteiger partial charge in [-0.3, -0.25) is 9.89 Å². The van der Waals surface area contributed by atoms with E-state index < -0.39 is 0 Å². The molecule has 26 heavy (non-hydrogen) atoms. The number of aliphatic imine (C=N–C) groups is 1. The predicted octanol–water partition coefficient (Wildman–Crippen LogP) is 3.02. The summed E-state index contributed by atoms with van der Waals surface area (Å²) < 4.78 is 5.40. The van der Waals surface area contributed by atoms with Crippen LogP contribution in [0.4, 0.5) is 0 Å². The van der Waals surface area contributed by atoms with Crippen LogP contribution in [-0.4, -0.2) is 63.3 Å². The minimum absolute atomic E-state index is 0. The molecule has 0 radical (unpaired) electrons. The number of nitrogens with zero attached hydrogens (tertiary/aromatic N) is 2. The summed E-state index contributed by atoms with van der Waals surface area (Å²) in [5, 5.41) is 7.52. The van der Waals surface area contributed by atoms with Gasteiger partial charge in [0.25, 0.3) is 0 Å². The van der Waals surface area contributed by atoms with Crippen molar-refractivity contribution in [1.29, 1.82) is 0 Å². The van der Waals surface area contributed by atoms with Crippen molar-refractivity contribution in [1.82, 2.24) is 15.5 Å². The Labute approximate surface area is 179 Å². The van der Waals surface area contributed by atoms with Crippen LogP contribution in [0.15, 0.2) is 29.3 Å². The fourth-order valence-electron chi connectivity index (χ4n) is 2.89. The van der Waals surface area contributed by atoms with Crippen molar-refractivity contribution in [2.45, 2.75) is 20.3 Å². The molecule has 1 aromatic rings. The lowest BCUT2D eigenvalue weighted by Crippen LogP contribution is -2.40. The Kier molecular flexibility index (Phi) is 12.3. The van der Waals surface area contributed by atoms with Crippen molar-refractivity contribution in [3.8, 4) is 0 Å². The van der Waals surface area contributed by atoms with Crippen LogP contribution in [-0.2, 0) is 11.2 Å². The topological polar surface area (TPSA) is 48.9 Å². The first-order valence-corrected chi connectivity index (χ1v) is 9.62. The number of benzene rings is 1. The highest BCUT2D eigenvalue weighted by atomic mass is 127. The summed E-state index contributed by atoms with van der Waals surface area (Å²) in [5.74, 6) is 1.42. The molecule has 1 atom stereocenters. The van der Waals surface area contributed by atoms with Gasteiger partial charge in [0.05, 0.1) is 13.2 Å². The van der Waals surface area contributed by atoms with Crippen molar-refractivity contribution in [3.63, 3.8) is 0 Å². The Morgan fingerprint density at radius 1 is 1.31 bits per heavy atom. The van der Waals surface area contributed by atoms with Gasteiger partial charge in [-0.15, -0.1) is 24.0 Å². The molecule has 2 rings (SSSR count).